The molecule has 0 heterocycles. The SMILES string of the molecule is C=CC(C)Nc1cc(C)ccc1Br. The van der Waals surface area contributed by atoms with Crippen molar-refractivity contribution in [1.82, 2.24) is 0 Å². The molecule has 13 heavy (non-hydrogen) atoms. The summed E-state index contributed by atoms with van der Waals surface area (Å²) in [6.07, 6.45) is 1.88. The molecule has 0 saturated carbocycles. The number of hydrogen-bond acceptors (Lipinski definition) is 1. The molecule has 70 valence electrons. The molecule has 2 heteroatoms. The molecule has 0 saturated heterocycles. The molecule has 0 aliphatic heterocycles. The van der Waals surface area contributed by atoms with E-state index in [2.05, 4.69) is 53.8 Å². The highest BCUT2D eigenvalue weighted by Crippen LogP contribution is 2.23. The molecule has 0 spiro atoms. The van der Waals surface area contributed by atoms with Gasteiger partial charge in [-0.15, -0.1) is 6.58 Å². The van der Waals surface area contributed by atoms with Gasteiger partial charge < -0.3 is 5.32 Å². The molecule has 0 aliphatic rings. The van der Waals surface area contributed by atoms with Gasteiger partial charge in [-0.3, -0.25) is 0 Å². The van der Waals surface area contributed by atoms with Gasteiger partial charge in [0.15, 0.2) is 0 Å². The summed E-state index contributed by atoms with van der Waals surface area (Å²) in [4.78, 5) is 0. The number of benzene rings is 1. The maximum atomic E-state index is 3.73. The van der Waals surface area contributed by atoms with E-state index in [1.54, 1.807) is 0 Å². The van der Waals surface area contributed by atoms with Gasteiger partial charge in [-0.25, -0.2) is 0 Å². The Bertz CT molecular complexity index is 307. The maximum absolute atomic E-state index is 3.73. The standard InChI is InChI=1S/C11H14BrN/c1-4-9(3)13-11-7-8(2)5-6-10(11)12/h4-7,9,13H,1H2,2-3H3. The summed E-state index contributed by atoms with van der Waals surface area (Å²) in [5, 5.41) is 3.34. The lowest BCUT2D eigenvalue weighted by Gasteiger charge is -2.12. The van der Waals surface area contributed by atoms with Crippen LogP contribution in [-0.4, -0.2) is 6.04 Å². The molecule has 0 bridgehead atoms. The molecule has 1 aromatic rings. The lowest BCUT2D eigenvalue weighted by molar-refractivity contribution is 0.999. The van der Waals surface area contributed by atoms with E-state index in [1.807, 2.05) is 12.1 Å². The minimum absolute atomic E-state index is 0.290. The van der Waals surface area contributed by atoms with Crippen molar-refractivity contribution in [2.45, 2.75) is 19.9 Å². The van der Waals surface area contributed by atoms with Crippen LogP contribution in [0.2, 0.25) is 0 Å². The molecular formula is C11H14BrN. The zero-order chi connectivity index (χ0) is 9.84. The van der Waals surface area contributed by atoms with Crippen LogP contribution in [0.15, 0.2) is 35.3 Å². The van der Waals surface area contributed by atoms with Gasteiger partial charge in [0, 0.05) is 16.2 Å². The van der Waals surface area contributed by atoms with Crippen LogP contribution in [0.3, 0.4) is 0 Å². The van der Waals surface area contributed by atoms with Crippen LogP contribution in [-0.2, 0) is 0 Å². The van der Waals surface area contributed by atoms with Gasteiger partial charge in [0.2, 0.25) is 0 Å². The number of hydrogen-bond donors (Lipinski definition) is 1. The highest BCUT2D eigenvalue weighted by atomic mass is 79.9. The van der Waals surface area contributed by atoms with Crippen molar-refractivity contribution in [3.8, 4) is 0 Å². The van der Waals surface area contributed by atoms with E-state index in [0.717, 1.165) is 10.2 Å². The van der Waals surface area contributed by atoms with Gasteiger partial charge in [0.25, 0.3) is 0 Å². The molecule has 0 radical (unpaired) electrons. The molecule has 1 aromatic carbocycles. The Balaban J connectivity index is 2.86. The number of rotatable bonds is 3. The van der Waals surface area contributed by atoms with Crippen molar-refractivity contribution < 1.29 is 0 Å². The third-order valence-electron chi connectivity index (χ3n) is 1.86. The molecule has 0 fully saturated rings. The lowest BCUT2D eigenvalue weighted by Crippen LogP contribution is -2.11. The summed E-state index contributed by atoms with van der Waals surface area (Å²) in [5.74, 6) is 0. The Hall–Kier alpha value is -0.760. The first kappa shape index (κ1) is 10.3. The Kier molecular flexibility index (Phi) is 3.55. The highest BCUT2D eigenvalue weighted by molar-refractivity contribution is 9.10. The number of aryl methyl sites for hydroxylation is 1. The molecule has 1 nitrogen and oxygen atoms in total. The van der Waals surface area contributed by atoms with Crippen LogP contribution in [0, 0.1) is 6.92 Å². The maximum Gasteiger partial charge on any atom is 0.0491 e. The second-order valence-corrected chi connectivity index (χ2v) is 4.01. The molecule has 1 atom stereocenters. The monoisotopic (exact) mass is 239 g/mol. The first-order valence-corrected chi connectivity index (χ1v) is 5.08. The van der Waals surface area contributed by atoms with E-state index in [9.17, 15) is 0 Å². The highest BCUT2D eigenvalue weighted by Gasteiger charge is 2.01. The fraction of sp³-hybridized carbons (Fsp3) is 0.273. The Morgan fingerprint density at radius 2 is 2.23 bits per heavy atom. The normalized spacial score (nSPS) is 12.2. The molecular weight excluding hydrogens is 226 g/mol. The zero-order valence-corrected chi connectivity index (χ0v) is 9.56. The van der Waals surface area contributed by atoms with Gasteiger partial charge in [-0.05, 0) is 47.5 Å². The summed E-state index contributed by atoms with van der Waals surface area (Å²) in [7, 11) is 0. The summed E-state index contributed by atoms with van der Waals surface area (Å²) < 4.78 is 1.09. The second kappa shape index (κ2) is 4.47. The van der Waals surface area contributed by atoms with Crippen molar-refractivity contribution in [2.24, 2.45) is 0 Å². The van der Waals surface area contributed by atoms with Gasteiger partial charge in [0.05, 0.1) is 0 Å². The first-order chi connectivity index (χ1) is 6.13. The molecule has 0 aliphatic carbocycles. The van der Waals surface area contributed by atoms with Gasteiger partial charge in [-0.1, -0.05) is 12.1 Å². The third-order valence-corrected chi connectivity index (χ3v) is 2.55. The Labute approximate surface area is 88.0 Å². The average molecular weight is 240 g/mol. The first-order valence-electron chi connectivity index (χ1n) is 4.28. The topological polar surface area (TPSA) is 12.0 Å². The van der Waals surface area contributed by atoms with E-state index in [-0.39, 0.29) is 6.04 Å². The van der Waals surface area contributed by atoms with Crippen molar-refractivity contribution in [2.75, 3.05) is 5.32 Å². The van der Waals surface area contributed by atoms with Crippen molar-refractivity contribution in [3.05, 3.63) is 40.9 Å². The number of nitrogens with one attached hydrogen (secondary N) is 1. The molecule has 1 rings (SSSR count). The second-order valence-electron chi connectivity index (χ2n) is 3.15. The summed E-state index contributed by atoms with van der Waals surface area (Å²) in [6, 6.07) is 6.53. The van der Waals surface area contributed by atoms with E-state index in [4.69, 9.17) is 0 Å². The molecule has 1 unspecified atom stereocenters. The van der Waals surface area contributed by atoms with Crippen LogP contribution >= 0.6 is 15.9 Å². The summed E-state index contributed by atoms with van der Waals surface area (Å²) in [5.41, 5.74) is 2.37. The van der Waals surface area contributed by atoms with Crippen LogP contribution in [0.5, 0.6) is 0 Å². The van der Waals surface area contributed by atoms with E-state index in [0.29, 0.717) is 0 Å². The zero-order valence-electron chi connectivity index (χ0n) is 7.97. The third kappa shape index (κ3) is 2.88. The van der Waals surface area contributed by atoms with Gasteiger partial charge in [-0.2, -0.15) is 0 Å². The van der Waals surface area contributed by atoms with Crippen LogP contribution in [0.25, 0.3) is 0 Å². The van der Waals surface area contributed by atoms with Crippen LogP contribution < -0.4 is 5.32 Å². The quantitative estimate of drug-likeness (QED) is 0.793. The fourth-order valence-corrected chi connectivity index (χ4v) is 1.42. The van der Waals surface area contributed by atoms with Crippen LogP contribution in [0.1, 0.15) is 12.5 Å². The number of anilines is 1. The van der Waals surface area contributed by atoms with Gasteiger partial charge in [0.1, 0.15) is 0 Å². The van der Waals surface area contributed by atoms with Gasteiger partial charge >= 0.3 is 0 Å². The summed E-state index contributed by atoms with van der Waals surface area (Å²) >= 11 is 3.49. The van der Waals surface area contributed by atoms with Crippen molar-refractivity contribution in [1.29, 1.82) is 0 Å². The van der Waals surface area contributed by atoms with E-state index < -0.39 is 0 Å². The predicted octanol–water partition coefficient (Wildman–Crippen LogP) is 3.74. The van der Waals surface area contributed by atoms with Crippen LogP contribution in [0.4, 0.5) is 5.69 Å². The average Bonchev–Trinajstić information content (AvgIpc) is 2.11. The molecule has 1 N–H and O–H groups in total. The van der Waals surface area contributed by atoms with E-state index >= 15 is 0 Å². The Morgan fingerprint density at radius 1 is 1.54 bits per heavy atom. The predicted molar refractivity (Wildman–Crippen MR) is 62.2 cm³/mol. The van der Waals surface area contributed by atoms with E-state index in [1.165, 1.54) is 5.56 Å². The molecule has 0 amide bonds. The van der Waals surface area contributed by atoms with Crippen molar-refractivity contribution in [3.63, 3.8) is 0 Å². The minimum atomic E-state index is 0.290. The Morgan fingerprint density at radius 3 is 2.85 bits per heavy atom. The molecule has 0 aromatic heterocycles. The smallest absolute Gasteiger partial charge is 0.0491 e. The van der Waals surface area contributed by atoms with Crippen molar-refractivity contribution >= 4 is 21.6 Å². The lowest BCUT2D eigenvalue weighted by atomic mass is 10.2. The minimum Gasteiger partial charge on any atom is -0.378 e. The summed E-state index contributed by atoms with van der Waals surface area (Å²) in [6.45, 7) is 7.88. The number of halogens is 1. The fourth-order valence-electron chi connectivity index (χ4n) is 1.05. The largest absolute Gasteiger partial charge is 0.378 e.